The number of hydrogen-bond acceptors (Lipinski definition) is 4. The number of ether oxygens (including phenoxy) is 1. The van der Waals surface area contributed by atoms with Gasteiger partial charge in [-0.3, -0.25) is 0 Å². The quantitative estimate of drug-likeness (QED) is 0.634. The van der Waals surface area contributed by atoms with Crippen LogP contribution in [0.3, 0.4) is 0 Å². The standard InChI is InChI=1S/C16H21NO3/c18-15(12-17-10-4-5-11-17)13-20-16(19)9-8-14-6-2-1-3-7-14/h1-3,6-9,15,18H,4-5,10-13H2. The van der Waals surface area contributed by atoms with Crippen molar-refractivity contribution in [2.24, 2.45) is 0 Å². The Bertz CT molecular complexity index is 438. The second kappa shape index (κ2) is 7.82. The highest BCUT2D eigenvalue weighted by Gasteiger charge is 2.16. The summed E-state index contributed by atoms with van der Waals surface area (Å²) in [7, 11) is 0. The lowest BCUT2D eigenvalue weighted by Crippen LogP contribution is -2.33. The number of esters is 1. The van der Waals surface area contributed by atoms with Crippen LogP contribution in [0.1, 0.15) is 18.4 Å². The third-order valence-corrected chi connectivity index (χ3v) is 3.30. The molecule has 1 aromatic rings. The molecule has 1 atom stereocenters. The minimum atomic E-state index is -0.609. The molecule has 108 valence electrons. The highest BCUT2D eigenvalue weighted by molar-refractivity contribution is 5.87. The second-order valence-corrected chi connectivity index (χ2v) is 5.04. The molecular weight excluding hydrogens is 254 g/mol. The number of aliphatic hydroxyl groups excluding tert-OH is 1. The van der Waals surface area contributed by atoms with Crippen LogP contribution in [0.4, 0.5) is 0 Å². The molecule has 2 rings (SSSR count). The number of β-amino-alcohol motifs (C(OH)–C–C–N with tert-alkyl or cyclic N) is 1. The fraction of sp³-hybridized carbons (Fsp3) is 0.438. The maximum absolute atomic E-state index is 11.5. The topological polar surface area (TPSA) is 49.8 Å². The normalized spacial score (nSPS) is 17.4. The van der Waals surface area contributed by atoms with Gasteiger partial charge in [0.25, 0.3) is 0 Å². The zero-order valence-electron chi connectivity index (χ0n) is 11.6. The van der Waals surface area contributed by atoms with Gasteiger partial charge < -0.3 is 14.7 Å². The molecule has 1 N–H and O–H groups in total. The highest BCUT2D eigenvalue weighted by Crippen LogP contribution is 2.08. The van der Waals surface area contributed by atoms with Crippen LogP contribution in [0.5, 0.6) is 0 Å². The fourth-order valence-electron chi connectivity index (χ4n) is 2.27. The van der Waals surface area contributed by atoms with E-state index in [1.165, 1.54) is 18.9 Å². The molecule has 0 bridgehead atoms. The van der Waals surface area contributed by atoms with Crippen molar-refractivity contribution >= 4 is 12.0 Å². The summed E-state index contributed by atoms with van der Waals surface area (Å²) in [5, 5.41) is 9.80. The Morgan fingerprint density at radius 1 is 1.30 bits per heavy atom. The van der Waals surface area contributed by atoms with Crippen molar-refractivity contribution in [1.29, 1.82) is 0 Å². The van der Waals surface area contributed by atoms with Gasteiger partial charge in [-0.2, -0.15) is 0 Å². The van der Waals surface area contributed by atoms with Crippen LogP contribution in [-0.2, 0) is 9.53 Å². The SMILES string of the molecule is O=C(C=Cc1ccccc1)OCC(O)CN1CCCC1. The largest absolute Gasteiger partial charge is 0.460 e. The van der Waals surface area contributed by atoms with Crippen LogP contribution in [-0.4, -0.2) is 48.3 Å². The molecule has 1 aliphatic rings. The molecule has 0 aromatic heterocycles. The zero-order chi connectivity index (χ0) is 14.2. The number of rotatable bonds is 6. The number of nitrogens with zero attached hydrogens (tertiary/aromatic N) is 1. The number of hydrogen-bond donors (Lipinski definition) is 1. The predicted molar refractivity (Wildman–Crippen MR) is 78.1 cm³/mol. The molecule has 1 aliphatic heterocycles. The van der Waals surface area contributed by atoms with Crippen LogP contribution in [0, 0.1) is 0 Å². The fourth-order valence-corrected chi connectivity index (χ4v) is 2.27. The average Bonchev–Trinajstić information content (AvgIpc) is 2.97. The molecule has 1 aromatic carbocycles. The monoisotopic (exact) mass is 275 g/mol. The lowest BCUT2D eigenvalue weighted by atomic mass is 10.2. The van der Waals surface area contributed by atoms with Gasteiger partial charge in [0.1, 0.15) is 12.7 Å². The Labute approximate surface area is 119 Å². The number of likely N-dealkylation sites (tertiary alicyclic amines) is 1. The van der Waals surface area contributed by atoms with Gasteiger partial charge in [0.15, 0.2) is 0 Å². The Morgan fingerprint density at radius 2 is 2.00 bits per heavy atom. The summed E-state index contributed by atoms with van der Waals surface area (Å²) < 4.78 is 5.03. The van der Waals surface area contributed by atoms with Gasteiger partial charge in [-0.15, -0.1) is 0 Å². The molecule has 4 heteroatoms. The van der Waals surface area contributed by atoms with E-state index in [1.807, 2.05) is 30.3 Å². The summed E-state index contributed by atoms with van der Waals surface area (Å²) in [4.78, 5) is 13.7. The number of aliphatic hydroxyl groups is 1. The first-order chi connectivity index (χ1) is 9.74. The molecule has 4 nitrogen and oxygen atoms in total. The van der Waals surface area contributed by atoms with E-state index < -0.39 is 12.1 Å². The van der Waals surface area contributed by atoms with Crippen LogP contribution in [0.2, 0.25) is 0 Å². The molecule has 1 fully saturated rings. The van der Waals surface area contributed by atoms with Gasteiger partial charge >= 0.3 is 5.97 Å². The van der Waals surface area contributed by atoms with Crippen molar-refractivity contribution in [2.75, 3.05) is 26.2 Å². The van der Waals surface area contributed by atoms with E-state index in [-0.39, 0.29) is 6.61 Å². The molecule has 1 saturated heterocycles. The Kier molecular flexibility index (Phi) is 5.77. The van der Waals surface area contributed by atoms with Gasteiger partial charge in [0.2, 0.25) is 0 Å². The Morgan fingerprint density at radius 3 is 2.70 bits per heavy atom. The van der Waals surface area contributed by atoms with E-state index in [9.17, 15) is 9.90 Å². The Balaban J connectivity index is 1.67. The minimum absolute atomic E-state index is 0.0501. The molecule has 1 heterocycles. The second-order valence-electron chi connectivity index (χ2n) is 5.04. The van der Waals surface area contributed by atoms with E-state index in [1.54, 1.807) is 6.08 Å². The first-order valence-electron chi connectivity index (χ1n) is 7.04. The van der Waals surface area contributed by atoms with Crippen LogP contribution in [0.25, 0.3) is 6.08 Å². The maximum atomic E-state index is 11.5. The number of carbonyl (C=O) groups excluding carboxylic acids is 1. The average molecular weight is 275 g/mol. The number of carbonyl (C=O) groups is 1. The molecule has 0 amide bonds. The lowest BCUT2D eigenvalue weighted by molar-refractivity contribution is -0.140. The third-order valence-electron chi connectivity index (χ3n) is 3.30. The predicted octanol–water partition coefficient (Wildman–Crippen LogP) is 1.70. The van der Waals surface area contributed by atoms with Gasteiger partial charge in [0, 0.05) is 12.6 Å². The first kappa shape index (κ1) is 14.8. The van der Waals surface area contributed by atoms with E-state index >= 15 is 0 Å². The molecular formula is C16H21NO3. The van der Waals surface area contributed by atoms with Gasteiger partial charge in [-0.1, -0.05) is 30.3 Å². The summed E-state index contributed by atoms with van der Waals surface area (Å²) in [5.41, 5.74) is 0.946. The summed E-state index contributed by atoms with van der Waals surface area (Å²) in [6.45, 7) is 2.68. The van der Waals surface area contributed by atoms with Crippen molar-refractivity contribution in [3.63, 3.8) is 0 Å². The van der Waals surface area contributed by atoms with E-state index in [4.69, 9.17) is 4.74 Å². The smallest absolute Gasteiger partial charge is 0.330 e. The molecule has 20 heavy (non-hydrogen) atoms. The van der Waals surface area contributed by atoms with Crippen LogP contribution >= 0.6 is 0 Å². The third kappa shape index (κ3) is 5.15. The lowest BCUT2D eigenvalue weighted by Gasteiger charge is -2.18. The first-order valence-corrected chi connectivity index (χ1v) is 7.04. The molecule has 0 saturated carbocycles. The van der Waals surface area contributed by atoms with Crippen LogP contribution < -0.4 is 0 Å². The number of benzene rings is 1. The highest BCUT2D eigenvalue weighted by atomic mass is 16.5. The Hall–Kier alpha value is -1.65. The van der Waals surface area contributed by atoms with E-state index in [0.717, 1.165) is 18.7 Å². The maximum Gasteiger partial charge on any atom is 0.330 e. The van der Waals surface area contributed by atoms with Crippen molar-refractivity contribution in [2.45, 2.75) is 18.9 Å². The molecule has 0 aliphatic carbocycles. The molecule has 1 unspecified atom stereocenters. The van der Waals surface area contributed by atoms with Gasteiger partial charge in [-0.05, 0) is 37.6 Å². The van der Waals surface area contributed by atoms with E-state index in [0.29, 0.717) is 6.54 Å². The minimum Gasteiger partial charge on any atom is -0.460 e. The van der Waals surface area contributed by atoms with Crippen molar-refractivity contribution < 1.29 is 14.6 Å². The van der Waals surface area contributed by atoms with E-state index in [2.05, 4.69) is 4.90 Å². The summed E-state index contributed by atoms with van der Waals surface area (Å²) >= 11 is 0. The van der Waals surface area contributed by atoms with Crippen LogP contribution in [0.15, 0.2) is 36.4 Å². The van der Waals surface area contributed by atoms with Crippen molar-refractivity contribution in [3.8, 4) is 0 Å². The molecule has 0 radical (unpaired) electrons. The summed E-state index contributed by atoms with van der Waals surface area (Å²) in [5.74, 6) is -0.422. The van der Waals surface area contributed by atoms with Crippen molar-refractivity contribution in [1.82, 2.24) is 4.90 Å². The summed E-state index contributed by atoms with van der Waals surface area (Å²) in [6.07, 6.45) is 4.85. The zero-order valence-corrected chi connectivity index (χ0v) is 11.6. The molecule has 0 spiro atoms. The van der Waals surface area contributed by atoms with Crippen molar-refractivity contribution in [3.05, 3.63) is 42.0 Å². The van der Waals surface area contributed by atoms with Gasteiger partial charge in [-0.25, -0.2) is 4.79 Å². The van der Waals surface area contributed by atoms with Gasteiger partial charge in [0.05, 0.1) is 0 Å². The summed E-state index contributed by atoms with van der Waals surface area (Å²) in [6, 6.07) is 9.55.